The highest BCUT2D eigenvalue weighted by atomic mass is 16.5. The second-order valence-electron chi connectivity index (χ2n) is 10.5. The first-order chi connectivity index (χ1) is 20.6. The van der Waals surface area contributed by atoms with Crippen molar-refractivity contribution in [3.8, 4) is 5.75 Å². The Morgan fingerprint density at radius 3 is 2.83 bits per heavy atom. The van der Waals surface area contributed by atoms with Crippen LogP contribution in [0, 0.1) is 6.92 Å². The van der Waals surface area contributed by atoms with E-state index in [0.717, 1.165) is 68.1 Å². The van der Waals surface area contributed by atoms with Crippen LogP contribution in [-0.4, -0.2) is 79.7 Å². The number of hydrogen-bond donors (Lipinski definition) is 3. The van der Waals surface area contributed by atoms with E-state index in [0.29, 0.717) is 43.0 Å². The molecule has 0 saturated carbocycles. The van der Waals surface area contributed by atoms with Crippen molar-refractivity contribution in [2.45, 2.75) is 51.5 Å². The van der Waals surface area contributed by atoms with Gasteiger partial charge in [-0.1, -0.05) is 6.07 Å². The lowest BCUT2D eigenvalue weighted by Crippen LogP contribution is -2.37. The monoisotopic (exact) mass is 570 g/mol. The van der Waals surface area contributed by atoms with Crippen molar-refractivity contribution >= 4 is 28.6 Å². The van der Waals surface area contributed by atoms with Crippen molar-refractivity contribution in [3.05, 3.63) is 72.1 Å². The van der Waals surface area contributed by atoms with Crippen LogP contribution in [0.15, 0.2) is 55.1 Å². The van der Waals surface area contributed by atoms with E-state index in [1.807, 2.05) is 25.1 Å². The number of hydrogen-bond acceptors (Lipinski definition) is 10. The molecule has 1 aliphatic rings. The van der Waals surface area contributed by atoms with Crippen molar-refractivity contribution in [1.82, 2.24) is 29.8 Å². The van der Waals surface area contributed by atoms with Crippen molar-refractivity contribution in [3.63, 3.8) is 0 Å². The number of unbranched alkanes of at least 4 members (excludes halogenated alkanes) is 1. The Labute approximate surface area is 245 Å². The van der Waals surface area contributed by atoms with E-state index in [1.165, 1.54) is 11.9 Å². The minimum absolute atomic E-state index is 0.387. The normalized spacial score (nSPS) is 13.4. The summed E-state index contributed by atoms with van der Waals surface area (Å²) in [5.74, 6) is 1.27. The number of anilines is 2. The van der Waals surface area contributed by atoms with Gasteiger partial charge in [0.25, 0.3) is 0 Å². The van der Waals surface area contributed by atoms with E-state index < -0.39 is 12.0 Å². The van der Waals surface area contributed by atoms with Gasteiger partial charge in [-0.3, -0.25) is 14.9 Å². The SMILES string of the molecule is Cc1ncccc1OCCN(CCCCc1ccc2c(n1)NCCC2)CCC(Nc1ncnc2cccnc12)C(=O)O. The molecule has 5 heterocycles. The van der Waals surface area contributed by atoms with E-state index in [9.17, 15) is 9.90 Å². The number of nitrogens with zero attached hydrogens (tertiary/aromatic N) is 6. The van der Waals surface area contributed by atoms with Crippen LogP contribution in [0.2, 0.25) is 0 Å². The number of carboxylic acid groups (broad SMARTS) is 1. The van der Waals surface area contributed by atoms with Crippen LogP contribution in [-0.2, 0) is 17.6 Å². The first kappa shape index (κ1) is 29.1. The Kier molecular flexibility index (Phi) is 10.1. The largest absolute Gasteiger partial charge is 0.490 e. The van der Waals surface area contributed by atoms with Crippen LogP contribution in [0.4, 0.5) is 11.6 Å². The van der Waals surface area contributed by atoms with Gasteiger partial charge in [-0.2, -0.15) is 0 Å². The number of carboxylic acids is 1. The molecule has 0 amide bonds. The number of fused-ring (bicyclic) bond motifs is 2. The lowest BCUT2D eigenvalue weighted by molar-refractivity contribution is -0.138. The first-order valence-electron chi connectivity index (χ1n) is 14.6. The Morgan fingerprint density at radius 1 is 1.07 bits per heavy atom. The molecule has 4 aromatic heterocycles. The summed E-state index contributed by atoms with van der Waals surface area (Å²) in [7, 11) is 0. The van der Waals surface area contributed by atoms with Crippen molar-refractivity contribution in [1.29, 1.82) is 0 Å². The zero-order chi connectivity index (χ0) is 29.1. The summed E-state index contributed by atoms with van der Waals surface area (Å²) in [4.78, 5) is 36.4. The minimum Gasteiger partial charge on any atom is -0.490 e. The zero-order valence-electron chi connectivity index (χ0n) is 24.0. The Hall–Kier alpha value is -4.38. The smallest absolute Gasteiger partial charge is 0.326 e. The number of nitrogens with one attached hydrogen (secondary N) is 2. The van der Waals surface area contributed by atoms with Crippen LogP contribution in [0.1, 0.15) is 42.6 Å². The summed E-state index contributed by atoms with van der Waals surface area (Å²) in [6.45, 7) is 5.46. The fourth-order valence-corrected chi connectivity index (χ4v) is 5.12. The molecule has 1 atom stereocenters. The summed E-state index contributed by atoms with van der Waals surface area (Å²) < 4.78 is 6.02. The Balaban J connectivity index is 1.18. The number of aliphatic carboxylic acids is 1. The number of pyridine rings is 3. The van der Waals surface area contributed by atoms with Crippen LogP contribution in [0.25, 0.3) is 11.0 Å². The number of carbonyl (C=O) groups is 1. The molecule has 1 unspecified atom stereocenters. The number of rotatable bonds is 15. The third-order valence-corrected chi connectivity index (χ3v) is 7.47. The molecular weight excluding hydrogens is 532 g/mol. The van der Waals surface area contributed by atoms with Crippen molar-refractivity contribution < 1.29 is 14.6 Å². The molecule has 0 aliphatic carbocycles. The maximum atomic E-state index is 12.2. The molecule has 4 aromatic rings. The molecule has 11 nitrogen and oxygen atoms in total. The van der Waals surface area contributed by atoms with Crippen molar-refractivity contribution in [2.24, 2.45) is 0 Å². The number of ether oxygens (including phenoxy) is 1. The third kappa shape index (κ3) is 7.88. The van der Waals surface area contributed by atoms with Gasteiger partial charge in [-0.15, -0.1) is 0 Å². The fourth-order valence-electron chi connectivity index (χ4n) is 5.12. The fraction of sp³-hybridized carbons (Fsp3) is 0.419. The molecule has 0 spiro atoms. The van der Waals surface area contributed by atoms with Gasteiger partial charge >= 0.3 is 5.97 Å². The Bertz CT molecular complexity index is 1480. The maximum absolute atomic E-state index is 12.2. The van der Waals surface area contributed by atoms with Gasteiger partial charge in [-0.05, 0) is 87.9 Å². The number of aromatic nitrogens is 5. The summed E-state index contributed by atoms with van der Waals surface area (Å²) in [6, 6.07) is 10.9. The van der Waals surface area contributed by atoms with Crippen LogP contribution < -0.4 is 15.4 Å². The van der Waals surface area contributed by atoms with E-state index in [2.05, 4.69) is 47.6 Å². The van der Waals surface area contributed by atoms with E-state index in [1.54, 1.807) is 18.5 Å². The highest BCUT2D eigenvalue weighted by Gasteiger charge is 2.21. The molecule has 1 aliphatic heterocycles. The summed E-state index contributed by atoms with van der Waals surface area (Å²) in [5, 5.41) is 16.5. The average molecular weight is 571 g/mol. The van der Waals surface area contributed by atoms with Gasteiger partial charge in [0, 0.05) is 37.7 Å². The average Bonchev–Trinajstić information content (AvgIpc) is 3.01. The summed E-state index contributed by atoms with van der Waals surface area (Å²) in [5.41, 5.74) is 4.46. The second kappa shape index (κ2) is 14.5. The van der Waals surface area contributed by atoms with Crippen molar-refractivity contribution in [2.75, 3.05) is 43.4 Å². The molecule has 0 radical (unpaired) electrons. The predicted octanol–water partition coefficient (Wildman–Crippen LogP) is 4.14. The molecule has 0 fully saturated rings. The standard InChI is InChI=1S/C31H38N8O3/c1-22-27(10-6-14-32-22)42-20-19-39(17-3-2-8-24-12-11-23-7-4-16-34-29(23)37-24)18-13-26(31(40)41)38-30-28-25(35-21-36-30)9-5-15-33-28/h5-6,9-12,14-15,21,26H,2-4,7-8,13,16-20H2,1H3,(H,34,37)(H,40,41)(H,35,36,38). The molecular formula is C31H38N8O3. The van der Waals surface area contributed by atoms with Gasteiger partial charge < -0.3 is 20.5 Å². The molecule has 0 saturated heterocycles. The van der Waals surface area contributed by atoms with Crippen LogP contribution >= 0.6 is 0 Å². The van der Waals surface area contributed by atoms with Gasteiger partial charge in [0.1, 0.15) is 36.1 Å². The zero-order valence-corrected chi connectivity index (χ0v) is 24.0. The van der Waals surface area contributed by atoms with Gasteiger partial charge in [0.15, 0.2) is 5.82 Å². The third-order valence-electron chi connectivity index (χ3n) is 7.47. The van der Waals surface area contributed by atoms with E-state index in [-0.39, 0.29) is 0 Å². The molecule has 220 valence electrons. The molecule has 11 heteroatoms. The van der Waals surface area contributed by atoms with Gasteiger partial charge in [0.05, 0.1) is 11.2 Å². The quantitative estimate of drug-likeness (QED) is 0.178. The summed E-state index contributed by atoms with van der Waals surface area (Å²) in [6.07, 6.45) is 10.3. The minimum atomic E-state index is -0.938. The van der Waals surface area contributed by atoms with Crippen LogP contribution in [0.3, 0.4) is 0 Å². The van der Waals surface area contributed by atoms with Gasteiger partial charge in [-0.25, -0.2) is 19.7 Å². The maximum Gasteiger partial charge on any atom is 0.326 e. The highest BCUT2D eigenvalue weighted by molar-refractivity contribution is 5.87. The lowest BCUT2D eigenvalue weighted by Gasteiger charge is -2.25. The number of aryl methyl sites for hydroxylation is 3. The van der Waals surface area contributed by atoms with Gasteiger partial charge in [0.2, 0.25) is 0 Å². The van der Waals surface area contributed by atoms with E-state index in [4.69, 9.17) is 9.72 Å². The highest BCUT2D eigenvalue weighted by Crippen LogP contribution is 2.21. The van der Waals surface area contributed by atoms with E-state index >= 15 is 0 Å². The topological polar surface area (TPSA) is 138 Å². The first-order valence-corrected chi connectivity index (χ1v) is 14.6. The summed E-state index contributed by atoms with van der Waals surface area (Å²) >= 11 is 0. The van der Waals surface area contributed by atoms with Crippen LogP contribution in [0.5, 0.6) is 5.75 Å². The molecule has 42 heavy (non-hydrogen) atoms. The molecule has 3 N–H and O–H groups in total. The lowest BCUT2D eigenvalue weighted by atomic mass is 10.1. The Morgan fingerprint density at radius 2 is 1.95 bits per heavy atom. The molecule has 5 rings (SSSR count). The predicted molar refractivity (Wildman–Crippen MR) is 162 cm³/mol. The molecule has 0 aromatic carbocycles. The molecule has 0 bridgehead atoms. The second-order valence-corrected chi connectivity index (χ2v) is 10.5.